The van der Waals surface area contributed by atoms with Crippen molar-refractivity contribution in [1.29, 1.82) is 5.26 Å². The molecule has 0 saturated carbocycles. The van der Waals surface area contributed by atoms with Crippen molar-refractivity contribution in [2.24, 2.45) is 0 Å². The van der Waals surface area contributed by atoms with Crippen molar-refractivity contribution in [3.8, 4) is 6.07 Å². The highest BCUT2D eigenvalue weighted by molar-refractivity contribution is 5.32. The van der Waals surface area contributed by atoms with Crippen molar-refractivity contribution in [3.63, 3.8) is 0 Å². The third kappa shape index (κ3) is 6.25. The average Bonchev–Trinajstić information content (AvgIpc) is 2.42. The highest BCUT2D eigenvalue weighted by Gasteiger charge is 2.07. The van der Waals surface area contributed by atoms with Gasteiger partial charge < -0.3 is 15.2 Å². The zero-order valence-electron chi connectivity index (χ0n) is 10.4. The largest absolute Gasteiger partial charge is 0.387 e. The molecule has 1 atom stereocenters. The molecule has 0 fully saturated rings. The summed E-state index contributed by atoms with van der Waals surface area (Å²) in [6.45, 7) is 0.286. The lowest BCUT2D eigenvalue weighted by molar-refractivity contribution is 0.0181. The van der Waals surface area contributed by atoms with E-state index in [0.29, 0.717) is 24.2 Å². The Kier molecular flexibility index (Phi) is 6.97. The number of aliphatic hydroxyl groups excluding tert-OH is 1. The number of halogens is 2. The number of nitrogens with zero attached hydrogens (tertiary/aromatic N) is 1. The number of hydrogen-bond donors (Lipinski definition) is 2. The number of alkyl halides is 2. The maximum atomic E-state index is 11.7. The summed E-state index contributed by atoms with van der Waals surface area (Å²) in [5.74, 6) is 0. The molecular weight excluding hydrogens is 254 g/mol. The summed E-state index contributed by atoms with van der Waals surface area (Å²) in [7, 11) is 0. The van der Waals surface area contributed by atoms with E-state index in [1.54, 1.807) is 24.3 Å². The molecule has 0 radical (unpaired) electrons. The van der Waals surface area contributed by atoms with Crippen LogP contribution in [-0.4, -0.2) is 37.8 Å². The van der Waals surface area contributed by atoms with Crippen molar-refractivity contribution in [2.45, 2.75) is 12.5 Å². The van der Waals surface area contributed by atoms with Crippen LogP contribution < -0.4 is 5.32 Å². The predicted molar refractivity (Wildman–Crippen MR) is 65.8 cm³/mol. The van der Waals surface area contributed by atoms with Crippen molar-refractivity contribution in [3.05, 3.63) is 35.4 Å². The number of hydrogen-bond acceptors (Lipinski definition) is 4. The Balaban J connectivity index is 2.20. The molecule has 4 nitrogen and oxygen atoms in total. The maximum Gasteiger partial charge on any atom is 0.261 e. The normalized spacial score (nSPS) is 12.4. The van der Waals surface area contributed by atoms with Crippen LogP contribution in [0.1, 0.15) is 17.2 Å². The number of ether oxygens (including phenoxy) is 1. The molecular formula is C13H16F2N2O2. The fourth-order valence-electron chi connectivity index (χ4n) is 1.45. The van der Waals surface area contributed by atoms with Gasteiger partial charge in [-0.3, -0.25) is 0 Å². The van der Waals surface area contributed by atoms with Crippen LogP contribution >= 0.6 is 0 Å². The Hall–Kier alpha value is -1.55. The third-order valence-corrected chi connectivity index (χ3v) is 2.43. The molecule has 1 aromatic rings. The molecule has 1 aromatic carbocycles. The van der Waals surface area contributed by atoms with Gasteiger partial charge in [-0.25, -0.2) is 8.78 Å². The van der Waals surface area contributed by atoms with Gasteiger partial charge in [-0.05, 0) is 17.7 Å². The van der Waals surface area contributed by atoms with E-state index in [4.69, 9.17) is 5.26 Å². The van der Waals surface area contributed by atoms with Gasteiger partial charge in [0.05, 0.1) is 24.3 Å². The first-order valence-electron chi connectivity index (χ1n) is 5.88. The molecule has 0 spiro atoms. The molecule has 0 saturated heterocycles. The quantitative estimate of drug-likeness (QED) is 0.702. The van der Waals surface area contributed by atoms with Crippen molar-refractivity contribution in [2.75, 3.05) is 26.3 Å². The SMILES string of the molecule is N#Cc1ccc(C(O)CNCCOCC(F)F)cc1. The highest BCUT2D eigenvalue weighted by Crippen LogP contribution is 2.12. The van der Waals surface area contributed by atoms with E-state index >= 15 is 0 Å². The Labute approximate surface area is 110 Å². The molecule has 6 heteroatoms. The summed E-state index contributed by atoms with van der Waals surface area (Å²) < 4.78 is 28.2. The molecule has 0 aliphatic carbocycles. The van der Waals surface area contributed by atoms with Gasteiger partial charge in [0.1, 0.15) is 6.61 Å². The Bertz CT molecular complexity index is 404. The summed E-state index contributed by atoms with van der Waals surface area (Å²) in [6.07, 6.45) is -3.16. The second-order valence-corrected chi connectivity index (χ2v) is 3.92. The van der Waals surface area contributed by atoms with Crippen LogP contribution in [0.15, 0.2) is 24.3 Å². The molecule has 0 aromatic heterocycles. The maximum absolute atomic E-state index is 11.7. The molecule has 104 valence electrons. The van der Waals surface area contributed by atoms with Crippen LogP contribution in [-0.2, 0) is 4.74 Å². The van der Waals surface area contributed by atoms with Gasteiger partial charge in [0.15, 0.2) is 0 Å². The van der Waals surface area contributed by atoms with E-state index in [1.165, 1.54) is 0 Å². The van der Waals surface area contributed by atoms with Crippen molar-refractivity contribution < 1.29 is 18.6 Å². The van der Waals surface area contributed by atoms with Gasteiger partial charge in [-0.1, -0.05) is 12.1 Å². The standard InChI is InChI=1S/C13H16F2N2O2/c14-13(15)9-19-6-5-17-8-12(18)11-3-1-10(7-16)2-4-11/h1-4,12-13,17-18H,5-6,8-9H2. The molecule has 0 heterocycles. The lowest BCUT2D eigenvalue weighted by Crippen LogP contribution is -2.26. The van der Waals surface area contributed by atoms with Gasteiger partial charge in [0.2, 0.25) is 0 Å². The molecule has 1 rings (SSSR count). The Morgan fingerprint density at radius 3 is 2.58 bits per heavy atom. The van der Waals surface area contributed by atoms with Gasteiger partial charge in [-0.15, -0.1) is 0 Å². The van der Waals surface area contributed by atoms with E-state index in [0.717, 1.165) is 0 Å². The number of rotatable bonds is 8. The summed E-state index contributed by atoms with van der Waals surface area (Å²) in [4.78, 5) is 0. The Morgan fingerprint density at radius 1 is 1.32 bits per heavy atom. The van der Waals surface area contributed by atoms with Gasteiger partial charge in [-0.2, -0.15) is 5.26 Å². The van der Waals surface area contributed by atoms with Crippen LogP contribution in [0.2, 0.25) is 0 Å². The molecule has 2 N–H and O–H groups in total. The average molecular weight is 270 g/mol. The van der Waals surface area contributed by atoms with Crippen molar-refractivity contribution >= 4 is 0 Å². The zero-order chi connectivity index (χ0) is 14.1. The first-order chi connectivity index (χ1) is 9.13. The van der Waals surface area contributed by atoms with Crippen molar-refractivity contribution in [1.82, 2.24) is 5.32 Å². The van der Waals surface area contributed by atoms with Crippen LogP contribution in [0.3, 0.4) is 0 Å². The summed E-state index contributed by atoms with van der Waals surface area (Å²) in [5.41, 5.74) is 1.23. The molecule has 0 bridgehead atoms. The topological polar surface area (TPSA) is 65.3 Å². The third-order valence-electron chi connectivity index (χ3n) is 2.43. The Morgan fingerprint density at radius 2 is 2.00 bits per heavy atom. The predicted octanol–water partition coefficient (Wildman–Crippen LogP) is 1.46. The number of nitrogens with one attached hydrogen (secondary N) is 1. The van der Waals surface area contributed by atoms with Crippen LogP contribution in [0, 0.1) is 11.3 Å². The van der Waals surface area contributed by atoms with E-state index in [-0.39, 0.29) is 6.61 Å². The summed E-state index contributed by atoms with van der Waals surface area (Å²) in [5, 5.41) is 21.4. The number of benzene rings is 1. The minimum absolute atomic E-state index is 0.171. The summed E-state index contributed by atoms with van der Waals surface area (Å²) >= 11 is 0. The van der Waals surface area contributed by atoms with Crippen LogP contribution in [0.4, 0.5) is 8.78 Å². The van der Waals surface area contributed by atoms with Gasteiger partial charge in [0.25, 0.3) is 6.43 Å². The zero-order valence-corrected chi connectivity index (χ0v) is 10.4. The fraction of sp³-hybridized carbons (Fsp3) is 0.462. The second-order valence-electron chi connectivity index (χ2n) is 3.92. The van der Waals surface area contributed by atoms with E-state index in [1.807, 2.05) is 6.07 Å². The van der Waals surface area contributed by atoms with E-state index in [9.17, 15) is 13.9 Å². The molecule has 0 amide bonds. The van der Waals surface area contributed by atoms with Gasteiger partial charge in [0, 0.05) is 13.1 Å². The lowest BCUT2D eigenvalue weighted by atomic mass is 10.1. The fourth-order valence-corrected chi connectivity index (χ4v) is 1.45. The first-order valence-corrected chi connectivity index (χ1v) is 5.88. The monoisotopic (exact) mass is 270 g/mol. The van der Waals surface area contributed by atoms with E-state index in [2.05, 4.69) is 10.1 Å². The molecule has 0 aliphatic heterocycles. The molecule has 1 unspecified atom stereocenters. The second kappa shape index (κ2) is 8.53. The van der Waals surface area contributed by atoms with Crippen LogP contribution in [0.5, 0.6) is 0 Å². The van der Waals surface area contributed by atoms with Crippen LogP contribution in [0.25, 0.3) is 0 Å². The van der Waals surface area contributed by atoms with Gasteiger partial charge >= 0.3 is 0 Å². The smallest absolute Gasteiger partial charge is 0.261 e. The molecule has 0 aliphatic rings. The first kappa shape index (κ1) is 15.5. The lowest BCUT2D eigenvalue weighted by Gasteiger charge is -2.12. The number of nitriles is 1. The summed E-state index contributed by atoms with van der Waals surface area (Å²) in [6, 6.07) is 8.61. The molecule has 19 heavy (non-hydrogen) atoms. The minimum atomic E-state index is -2.45. The van der Waals surface area contributed by atoms with E-state index < -0.39 is 19.1 Å². The number of aliphatic hydroxyl groups is 1. The minimum Gasteiger partial charge on any atom is -0.387 e. The highest BCUT2D eigenvalue weighted by atomic mass is 19.3.